The first-order valence-corrected chi connectivity index (χ1v) is 9.56. The van der Waals surface area contributed by atoms with Gasteiger partial charge < -0.3 is 14.6 Å². The van der Waals surface area contributed by atoms with Gasteiger partial charge in [-0.2, -0.15) is 4.98 Å². The third-order valence-electron chi connectivity index (χ3n) is 4.40. The van der Waals surface area contributed by atoms with Gasteiger partial charge in [0.05, 0.1) is 11.0 Å². The Morgan fingerprint density at radius 2 is 2.00 bits per heavy atom. The first-order chi connectivity index (χ1) is 12.3. The molecular formula is C19H21N3O2S. The fourth-order valence-corrected chi connectivity index (χ4v) is 3.71. The molecule has 2 heterocycles. The standard InChI is InChI=1S/C19H21N3O2S/c1-13(19-21-18(22-24-19)17-7-4-12-25-17)20-14-8-10-16(11-9-14)23-15-5-2-3-6-15/h4,7-13,15,20H,2-3,5-6H2,1H3. The predicted octanol–water partition coefficient (Wildman–Crippen LogP) is 5.29. The van der Waals surface area contributed by atoms with Crippen LogP contribution in [0.3, 0.4) is 0 Å². The third-order valence-corrected chi connectivity index (χ3v) is 5.26. The number of benzene rings is 1. The van der Waals surface area contributed by atoms with Crippen LogP contribution in [0.15, 0.2) is 46.3 Å². The largest absolute Gasteiger partial charge is 0.490 e. The number of aromatic nitrogens is 2. The molecule has 1 saturated carbocycles. The second-order valence-corrected chi connectivity index (χ2v) is 7.30. The van der Waals surface area contributed by atoms with Crippen LogP contribution in [-0.4, -0.2) is 16.2 Å². The van der Waals surface area contributed by atoms with Gasteiger partial charge in [-0.3, -0.25) is 0 Å². The van der Waals surface area contributed by atoms with Crippen LogP contribution in [-0.2, 0) is 0 Å². The number of nitrogens with zero attached hydrogens (tertiary/aromatic N) is 2. The second kappa shape index (κ2) is 7.27. The summed E-state index contributed by atoms with van der Waals surface area (Å²) in [6, 6.07) is 12.0. The summed E-state index contributed by atoms with van der Waals surface area (Å²) in [6.45, 7) is 2.01. The zero-order valence-electron chi connectivity index (χ0n) is 14.1. The molecule has 1 atom stereocenters. The lowest BCUT2D eigenvalue weighted by Crippen LogP contribution is -2.11. The van der Waals surface area contributed by atoms with Crippen molar-refractivity contribution in [2.24, 2.45) is 0 Å². The summed E-state index contributed by atoms with van der Waals surface area (Å²) in [7, 11) is 0. The van der Waals surface area contributed by atoms with E-state index in [1.807, 2.05) is 48.7 Å². The van der Waals surface area contributed by atoms with Gasteiger partial charge in [0, 0.05) is 5.69 Å². The summed E-state index contributed by atoms with van der Waals surface area (Å²) < 4.78 is 11.4. The zero-order chi connectivity index (χ0) is 17.1. The first kappa shape index (κ1) is 16.1. The number of hydrogen-bond acceptors (Lipinski definition) is 6. The average Bonchev–Trinajstić information content (AvgIpc) is 3.38. The van der Waals surface area contributed by atoms with Gasteiger partial charge in [-0.1, -0.05) is 11.2 Å². The fourth-order valence-electron chi connectivity index (χ4n) is 3.06. The van der Waals surface area contributed by atoms with E-state index in [9.17, 15) is 0 Å². The van der Waals surface area contributed by atoms with E-state index in [1.54, 1.807) is 11.3 Å². The van der Waals surface area contributed by atoms with Gasteiger partial charge in [-0.15, -0.1) is 11.3 Å². The number of ether oxygens (including phenoxy) is 1. The molecule has 1 N–H and O–H groups in total. The minimum Gasteiger partial charge on any atom is -0.490 e. The van der Waals surface area contributed by atoms with Gasteiger partial charge >= 0.3 is 0 Å². The Morgan fingerprint density at radius 1 is 1.20 bits per heavy atom. The summed E-state index contributed by atoms with van der Waals surface area (Å²) >= 11 is 1.60. The number of nitrogens with one attached hydrogen (secondary N) is 1. The van der Waals surface area contributed by atoms with Crippen LogP contribution < -0.4 is 10.1 Å². The van der Waals surface area contributed by atoms with Crippen LogP contribution >= 0.6 is 11.3 Å². The summed E-state index contributed by atoms with van der Waals surface area (Å²) in [5, 5.41) is 9.45. The Kier molecular flexibility index (Phi) is 4.70. The highest BCUT2D eigenvalue weighted by Crippen LogP contribution is 2.27. The lowest BCUT2D eigenvalue weighted by atomic mass is 10.2. The lowest BCUT2D eigenvalue weighted by Gasteiger charge is -2.15. The van der Waals surface area contributed by atoms with E-state index in [0.717, 1.165) is 16.3 Å². The molecule has 1 fully saturated rings. The monoisotopic (exact) mass is 355 g/mol. The van der Waals surface area contributed by atoms with Gasteiger partial charge in [0.2, 0.25) is 11.7 Å². The number of hydrogen-bond donors (Lipinski definition) is 1. The molecule has 0 amide bonds. The molecule has 2 aromatic heterocycles. The van der Waals surface area contributed by atoms with Crippen molar-refractivity contribution in [3.05, 3.63) is 47.7 Å². The fraction of sp³-hybridized carbons (Fsp3) is 0.368. The summed E-state index contributed by atoms with van der Waals surface area (Å²) in [5.74, 6) is 2.15. The number of anilines is 1. The molecule has 6 heteroatoms. The van der Waals surface area contributed by atoms with Crippen molar-refractivity contribution < 1.29 is 9.26 Å². The Balaban J connectivity index is 1.38. The molecule has 0 bridgehead atoms. The van der Waals surface area contributed by atoms with Gasteiger partial charge in [0.15, 0.2) is 0 Å². The maximum absolute atomic E-state index is 6.00. The molecule has 0 saturated heterocycles. The van der Waals surface area contributed by atoms with Crippen LogP contribution in [0.2, 0.25) is 0 Å². The Bertz CT molecular complexity index is 792. The molecule has 25 heavy (non-hydrogen) atoms. The summed E-state index contributed by atoms with van der Waals surface area (Å²) in [6.07, 6.45) is 5.27. The van der Waals surface area contributed by atoms with Crippen molar-refractivity contribution in [2.75, 3.05) is 5.32 Å². The van der Waals surface area contributed by atoms with Crippen molar-refractivity contribution in [2.45, 2.75) is 44.8 Å². The summed E-state index contributed by atoms with van der Waals surface area (Å²) in [4.78, 5) is 5.49. The third kappa shape index (κ3) is 3.85. The molecular weight excluding hydrogens is 334 g/mol. The van der Waals surface area contributed by atoms with Crippen LogP contribution in [0.5, 0.6) is 5.75 Å². The van der Waals surface area contributed by atoms with Crippen molar-refractivity contribution in [1.82, 2.24) is 10.1 Å². The Hall–Kier alpha value is -2.34. The van der Waals surface area contributed by atoms with Gasteiger partial charge in [0.1, 0.15) is 11.8 Å². The zero-order valence-corrected chi connectivity index (χ0v) is 15.0. The molecule has 0 aliphatic heterocycles. The predicted molar refractivity (Wildman–Crippen MR) is 99.0 cm³/mol. The molecule has 130 valence electrons. The second-order valence-electron chi connectivity index (χ2n) is 6.35. The molecule has 3 aromatic rings. The highest BCUT2D eigenvalue weighted by Gasteiger charge is 2.17. The van der Waals surface area contributed by atoms with E-state index in [-0.39, 0.29) is 6.04 Å². The highest BCUT2D eigenvalue weighted by molar-refractivity contribution is 7.13. The van der Waals surface area contributed by atoms with E-state index >= 15 is 0 Å². The number of rotatable bonds is 6. The highest BCUT2D eigenvalue weighted by atomic mass is 32.1. The Morgan fingerprint density at radius 3 is 2.72 bits per heavy atom. The van der Waals surface area contributed by atoms with Crippen LogP contribution in [0.4, 0.5) is 5.69 Å². The van der Waals surface area contributed by atoms with E-state index in [4.69, 9.17) is 9.26 Å². The first-order valence-electron chi connectivity index (χ1n) is 8.69. The van der Waals surface area contributed by atoms with Crippen molar-refractivity contribution in [3.63, 3.8) is 0 Å². The van der Waals surface area contributed by atoms with Gasteiger partial charge in [0.25, 0.3) is 0 Å². The molecule has 1 aliphatic carbocycles. The van der Waals surface area contributed by atoms with E-state index < -0.39 is 0 Å². The maximum Gasteiger partial charge on any atom is 0.249 e. The average molecular weight is 355 g/mol. The van der Waals surface area contributed by atoms with Crippen LogP contribution in [0.1, 0.15) is 44.5 Å². The maximum atomic E-state index is 6.00. The van der Waals surface area contributed by atoms with E-state index in [0.29, 0.717) is 17.8 Å². The smallest absolute Gasteiger partial charge is 0.249 e. The van der Waals surface area contributed by atoms with Crippen LogP contribution in [0.25, 0.3) is 10.7 Å². The van der Waals surface area contributed by atoms with E-state index in [2.05, 4.69) is 15.5 Å². The lowest BCUT2D eigenvalue weighted by molar-refractivity contribution is 0.210. The van der Waals surface area contributed by atoms with E-state index in [1.165, 1.54) is 25.7 Å². The van der Waals surface area contributed by atoms with Crippen molar-refractivity contribution >= 4 is 17.0 Å². The van der Waals surface area contributed by atoms with Crippen molar-refractivity contribution in [1.29, 1.82) is 0 Å². The SMILES string of the molecule is CC(Nc1ccc(OC2CCCC2)cc1)c1nc(-c2cccs2)no1. The molecule has 5 nitrogen and oxygen atoms in total. The quantitative estimate of drug-likeness (QED) is 0.651. The minimum atomic E-state index is -0.0668. The molecule has 1 unspecified atom stereocenters. The topological polar surface area (TPSA) is 60.2 Å². The Labute approximate surface area is 151 Å². The minimum absolute atomic E-state index is 0.0668. The normalized spacial score (nSPS) is 16.0. The van der Waals surface area contributed by atoms with Crippen LogP contribution in [0, 0.1) is 0 Å². The molecule has 1 aromatic carbocycles. The van der Waals surface area contributed by atoms with Crippen molar-refractivity contribution in [3.8, 4) is 16.5 Å². The molecule has 1 aliphatic rings. The van der Waals surface area contributed by atoms with Gasteiger partial charge in [-0.05, 0) is 68.3 Å². The number of thiophene rings is 1. The van der Waals surface area contributed by atoms with Gasteiger partial charge in [-0.25, -0.2) is 0 Å². The molecule has 4 rings (SSSR count). The summed E-state index contributed by atoms with van der Waals surface area (Å²) in [5.41, 5.74) is 1.00. The molecule has 0 radical (unpaired) electrons. The molecule has 0 spiro atoms.